The van der Waals surface area contributed by atoms with Crippen molar-refractivity contribution < 1.29 is 27.7 Å². The average molecular weight is 412 g/mol. The van der Waals surface area contributed by atoms with Crippen LogP contribution in [-0.4, -0.2) is 31.2 Å². The monoisotopic (exact) mass is 412 g/mol. The van der Waals surface area contributed by atoms with Crippen LogP contribution in [-0.2, 0) is 22.3 Å². The van der Waals surface area contributed by atoms with Gasteiger partial charge in [0.25, 0.3) is 5.91 Å². The summed E-state index contributed by atoms with van der Waals surface area (Å²) in [6.07, 6.45) is -4.36. The van der Waals surface area contributed by atoms with Crippen LogP contribution >= 0.6 is 11.8 Å². The number of halogens is 3. The third-order valence-electron chi connectivity index (χ3n) is 3.78. The van der Waals surface area contributed by atoms with Crippen LogP contribution in [0.3, 0.4) is 0 Å². The van der Waals surface area contributed by atoms with Crippen LogP contribution in [0, 0.1) is 0 Å². The maximum Gasteiger partial charge on any atom is 0.416 e. The van der Waals surface area contributed by atoms with Crippen molar-refractivity contribution in [2.45, 2.75) is 17.6 Å². The Kier molecular flexibility index (Phi) is 7.47. The van der Waals surface area contributed by atoms with Gasteiger partial charge in [0, 0.05) is 10.5 Å². The predicted molar refractivity (Wildman–Crippen MR) is 102 cm³/mol. The minimum atomic E-state index is -4.36. The highest BCUT2D eigenvalue weighted by atomic mass is 32.2. The average Bonchev–Trinajstić information content (AvgIpc) is 2.60. The first-order valence-corrected chi connectivity index (χ1v) is 9.41. The quantitative estimate of drug-likeness (QED) is 0.580. The number of amides is 2. The maximum atomic E-state index is 12.6. The molecular weight excluding hydrogens is 391 g/mol. The number of para-hydroxylation sites is 1. The number of rotatable bonds is 8. The van der Waals surface area contributed by atoms with E-state index in [2.05, 4.69) is 5.32 Å². The predicted octanol–water partition coefficient (Wildman–Crippen LogP) is 1.94. The molecule has 1 atom stereocenters. The van der Waals surface area contributed by atoms with E-state index in [1.54, 1.807) is 31.3 Å². The number of quaternary nitrogens is 1. The molecule has 28 heavy (non-hydrogen) atoms. The number of nitrogens with one attached hydrogen (secondary N) is 2. The SMILES string of the molecule is C[NH+](CC(=O)Nc1ccccc1SCC(N)=O)Cc1ccc(C(F)(F)F)cc1. The number of nitrogens with two attached hydrogens (primary N) is 1. The maximum absolute atomic E-state index is 12.6. The Morgan fingerprint density at radius 2 is 1.75 bits per heavy atom. The molecule has 4 N–H and O–H groups in total. The third-order valence-corrected chi connectivity index (χ3v) is 4.88. The van der Waals surface area contributed by atoms with Gasteiger partial charge in [0.05, 0.1) is 24.1 Å². The van der Waals surface area contributed by atoms with Crippen LogP contribution in [0.25, 0.3) is 0 Å². The number of anilines is 1. The molecule has 0 spiro atoms. The van der Waals surface area contributed by atoms with E-state index in [1.165, 1.54) is 23.9 Å². The van der Waals surface area contributed by atoms with E-state index in [9.17, 15) is 22.8 Å². The van der Waals surface area contributed by atoms with E-state index in [0.29, 0.717) is 17.8 Å². The number of carbonyl (C=O) groups is 2. The number of primary amides is 1. The molecule has 2 aromatic rings. The van der Waals surface area contributed by atoms with Gasteiger partial charge in [-0.05, 0) is 24.3 Å². The van der Waals surface area contributed by atoms with Gasteiger partial charge in [-0.25, -0.2) is 0 Å². The zero-order valence-electron chi connectivity index (χ0n) is 15.2. The fourth-order valence-electron chi connectivity index (χ4n) is 2.54. The number of carbonyl (C=O) groups excluding carboxylic acids is 2. The molecule has 0 aliphatic rings. The molecule has 2 amide bonds. The molecular formula is C19H21F3N3O2S+. The second kappa shape index (κ2) is 9.61. The van der Waals surface area contributed by atoms with E-state index in [1.807, 2.05) is 0 Å². The first kappa shape index (κ1) is 21.8. The minimum Gasteiger partial charge on any atom is -0.369 e. The fraction of sp³-hybridized carbons (Fsp3) is 0.263. The Hall–Kier alpha value is -2.52. The van der Waals surface area contributed by atoms with Crippen molar-refractivity contribution in [3.05, 3.63) is 59.7 Å². The number of alkyl halides is 3. The number of hydrogen-bond donors (Lipinski definition) is 3. The van der Waals surface area contributed by atoms with E-state index >= 15 is 0 Å². The first-order valence-electron chi connectivity index (χ1n) is 8.42. The molecule has 1 unspecified atom stereocenters. The Labute approximate surface area is 165 Å². The van der Waals surface area contributed by atoms with E-state index in [4.69, 9.17) is 5.73 Å². The zero-order chi connectivity index (χ0) is 20.7. The number of likely N-dealkylation sites (N-methyl/N-ethyl adjacent to an activating group) is 1. The number of benzene rings is 2. The van der Waals surface area contributed by atoms with Crippen molar-refractivity contribution in [3.63, 3.8) is 0 Å². The van der Waals surface area contributed by atoms with Gasteiger partial charge in [-0.3, -0.25) is 9.59 Å². The van der Waals surface area contributed by atoms with Crippen molar-refractivity contribution in [1.82, 2.24) is 0 Å². The molecule has 0 aromatic heterocycles. The van der Waals surface area contributed by atoms with Gasteiger partial charge < -0.3 is 16.0 Å². The molecule has 0 radical (unpaired) electrons. The normalized spacial score (nSPS) is 12.4. The van der Waals surface area contributed by atoms with Gasteiger partial charge in [-0.1, -0.05) is 24.3 Å². The molecule has 0 heterocycles. The van der Waals surface area contributed by atoms with Crippen LogP contribution in [0.5, 0.6) is 0 Å². The molecule has 0 aliphatic heterocycles. The lowest BCUT2D eigenvalue weighted by Crippen LogP contribution is -3.08. The van der Waals surface area contributed by atoms with Gasteiger partial charge in [-0.15, -0.1) is 11.8 Å². The van der Waals surface area contributed by atoms with Crippen molar-refractivity contribution in [2.75, 3.05) is 24.7 Å². The summed E-state index contributed by atoms with van der Waals surface area (Å²) in [6, 6.07) is 12.0. The molecule has 150 valence electrons. The Balaban J connectivity index is 1.92. The summed E-state index contributed by atoms with van der Waals surface area (Å²) in [5.74, 6) is -0.588. The summed E-state index contributed by atoms with van der Waals surface area (Å²) in [7, 11) is 1.78. The van der Waals surface area contributed by atoms with Crippen LogP contribution in [0.15, 0.2) is 53.4 Å². The summed E-state index contributed by atoms with van der Waals surface area (Å²) in [4.78, 5) is 24.8. The zero-order valence-corrected chi connectivity index (χ0v) is 16.0. The summed E-state index contributed by atoms with van der Waals surface area (Å²) < 4.78 is 37.8. The van der Waals surface area contributed by atoms with Crippen molar-refractivity contribution in [3.8, 4) is 0 Å². The number of hydrogen-bond acceptors (Lipinski definition) is 3. The lowest BCUT2D eigenvalue weighted by Gasteiger charge is -2.15. The van der Waals surface area contributed by atoms with Gasteiger partial charge in [0.2, 0.25) is 5.91 Å². The highest BCUT2D eigenvalue weighted by Crippen LogP contribution is 2.29. The Bertz CT molecular complexity index is 826. The molecule has 2 rings (SSSR count). The minimum absolute atomic E-state index is 0.103. The molecule has 0 saturated carbocycles. The third kappa shape index (κ3) is 6.90. The highest BCUT2D eigenvalue weighted by Gasteiger charge is 2.30. The lowest BCUT2D eigenvalue weighted by molar-refractivity contribution is -0.885. The standard InChI is InChI=1S/C19H20F3N3O2S/c1-25(10-13-6-8-14(9-7-13)19(20,21)22)11-18(27)24-15-4-2-3-5-16(15)28-12-17(23)26/h2-9H,10-12H2,1H3,(H2,23,26)(H,24,27)/p+1. The molecule has 5 nitrogen and oxygen atoms in total. The van der Waals surface area contributed by atoms with Crippen LogP contribution in [0.2, 0.25) is 0 Å². The molecule has 9 heteroatoms. The topological polar surface area (TPSA) is 76.6 Å². The molecule has 0 aliphatic carbocycles. The van der Waals surface area contributed by atoms with Gasteiger partial charge in [0.15, 0.2) is 6.54 Å². The lowest BCUT2D eigenvalue weighted by atomic mass is 10.1. The van der Waals surface area contributed by atoms with E-state index < -0.39 is 17.6 Å². The van der Waals surface area contributed by atoms with Crippen molar-refractivity contribution in [2.24, 2.45) is 5.73 Å². The van der Waals surface area contributed by atoms with Crippen LogP contribution in [0.4, 0.5) is 18.9 Å². The summed E-state index contributed by atoms with van der Waals surface area (Å²) in [6.45, 7) is 0.541. The van der Waals surface area contributed by atoms with E-state index in [0.717, 1.165) is 21.9 Å². The molecule has 0 saturated heterocycles. The first-order chi connectivity index (χ1) is 13.1. The second-order valence-corrected chi connectivity index (χ2v) is 7.32. The summed E-state index contributed by atoms with van der Waals surface area (Å²) in [5, 5.41) is 2.80. The van der Waals surface area contributed by atoms with Crippen molar-refractivity contribution >= 4 is 29.3 Å². The Morgan fingerprint density at radius 3 is 2.36 bits per heavy atom. The summed E-state index contributed by atoms with van der Waals surface area (Å²) in [5.41, 5.74) is 5.74. The van der Waals surface area contributed by atoms with E-state index in [-0.39, 0.29) is 18.2 Å². The van der Waals surface area contributed by atoms with Gasteiger partial charge >= 0.3 is 6.18 Å². The van der Waals surface area contributed by atoms with Crippen LogP contribution in [0.1, 0.15) is 11.1 Å². The largest absolute Gasteiger partial charge is 0.416 e. The fourth-order valence-corrected chi connectivity index (χ4v) is 3.28. The van der Waals surface area contributed by atoms with Gasteiger partial charge in [0.1, 0.15) is 6.54 Å². The highest BCUT2D eigenvalue weighted by molar-refractivity contribution is 8.00. The summed E-state index contributed by atoms with van der Waals surface area (Å²) >= 11 is 1.23. The molecule has 0 bridgehead atoms. The molecule has 2 aromatic carbocycles. The second-order valence-electron chi connectivity index (χ2n) is 6.30. The van der Waals surface area contributed by atoms with Gasteiger partial charge in [-0.2, -0.15) is 13.2 Å². The number of thioether (sulfide) groups is 1. The molecule has 0 fully saturated rings. The Morgan fingerprint density at radius 1 is 1.11 bits per heavy atom. The smallest absolute Gasteiger partial charge is 0.369 e. The van der Waals surface area contributed by atoms with Crippen LogP contribution < -0.4 is 16.0 Å². The van der Waals surface area contributed by atoms with Crippen molar-refractivity contribution in [1.29, 1.82) is 0 Å².